The highest BCUT2D eigenvalue weighted by Gasteiger charge is 2.00. The zero-order chi connectivity index (χ0) is 5.91. The molecule has 0 fully saturated rings. The van der Waals surface area contributed by atoms with Crippen molar-refractivity contribution in [2.75, 3.05) is 20.6 Å². The summed E-state index contributed by atoms with van der Waals surface area (Å²) < 4.78 is 1.23. The van der Waals surface area contributed by atoms with Crippen molar-refractivity contribution in [2.45, 2.75) is 13.3 Å². The summed E-state index contributed by atoms with van der Waals surface area (Å²) >= 11 is 0. The third-order valence-corrected chi connectivity index (χ3v) is 1.34. The smallest absolute Gasteiger partial charge is 0.239 e. The summed E-state index contributed by atoms with van der Waals surface area (Å²) in [6.45, 7) is 3.57. The molecule has 0 aliphatic heterocycles. The molecule has 0 saturated carbocycles. The Morgan fingerprint density at radius 2 is 1.86 bits per heavy atom. The van der Waals surface area contributed by atoms with Gasteiger partial charge in [0.25, 0.3) is 0 Å². The summed E-state index contributed by atoms with van der Waals surface area (Å²) in [5, 5.41) is 0. The number of hydrogen-bond donors (Lipinski definition) is 0. The van der Waals surface area contributed by atoms with Crippen molar-refractivity contribution < 1.29 is 4.15 Å². The normalized spacial score (nSPS) is 12.4. The third kappa shape index (κ3) is 6.18. The van der Waals surface area contributed by atoms with E-state index in [2.05, 4.69) is 21.0 Å². The largest absolute Gasteiger partial charge is 0.395 e. The lowest BCUT2D eigenvalue weighted by atomic mass is 10.5. The molecule has 0 atom stereocenters. The number of rotatable bonds is 2. The van der Waals surface area contributed by atoms with Gasteiger partial charge in [-0.1, -0.05) is 6.92 Å². The van der Waals surface area contributed by atoms with Crippen LogP contribution >= 0.6 is 0 Å². The molecule has 0 aromatic heterocycles. The van der Waals surface area contributed by atoms with E-state index in [-0.39, 0.29) is 0 Å². The molecule has 0 amide bonds. The molecule has 44 valence electrons. The van der Waals surface area contributed by atoms with Crippen molar-refractivity contribution in [1.29, 1.82) is 0 Å². The van der Waals surface area contributed by atoms with Crippen LogP contribution in [-0.2, 0) is 0 Å². The van der Waals surface area contributed by atoms with Gasteiger partial charge in [0.15, 0.2) is 0 Å². The van der Waals surface area contributed by atoms with Crippen LogP contribution in [0.5, 0.6) is 0 Å². The summed E-state index contributed by atoms with van der Waals surface area (Å²) in [5.41, 5.74) is 0. The van der Waals surface area contributed by atoms with Gasteiger partial charge in [-0.05, 0) is 6.42 Å². The van der Waals surface area contributed by atoms with Crippen molar-refractivity contribution >= 4 is 10.4 Å². The molecule has 0 radical (unpaired) electrons. The molecule has 0 bridgehead atoms. The molecule has 0 rings (SSSR count). The van der Waals surface area contributed by atoms with Crippen LogP contribution in [0.15, 0.2) is 0 Å². The van der Waals surface area contributed by atoms with Crippen LogP contribution in [0.3, 0.4) is 0 Å². The van der Waals surface area contributed by atoms with E-state index >= 15 is 0 Å². The Balaban J connectivity index is 3.15. The van der Waals surface area contributed by atoms with Crippen LogP contribution in [0, 0.1) is 0 Å². The van der Waals surface area contributed by atoms with Crippen LogP contribution in [-0.4, -0.2) is 35.2 Å². The molecule has 0 aliphatic rings. The van der Waals surface area contributed by atoms with Gasteiger partial charge >= 0.3 is 0 Å². The maximum atomic E-state index is 2.27. The van der Waals surface area contributed by atoms with E-state index < -0.39 is 0 Å². The molecule has 2 heteroatoms. The monoisotopic (exact) mass is 118 g/mol. The minimum absolute atomic E-state index is 1.23. The zero-order valence-corrected chi connectivity index (χ0v) is 7.86. The van der Waals surface area contributed by atoms with E-state index in [9.17, 15) is 0 Å². The number of hydrogen-bond acceptors (Lipinski definition) is 0. The van der Waals surface area contributed by atoms with E-state index in [0.29, 0.717) is 0 Å². The average molecular weight is 118 g/mol. The topological polar surface area (TPSA) is 0 Å². The molecule has 0 saturated heterocycles. The van der Waals surface area contributed by atoms with Gasteiger partial charge in [0.05, 0.1) is 20.6 Å². The molecular weight excluding hydrogens is 102 g/mol. The zero-order valence-electron chi connectivity index (χ0n) is 5.86. The van der Waals surface area contributed by atoms with E-state index in [1.54, 1.807) is 0 Å². The maximum absolute atomic E-state index is 2.27. The van der Waals surface area contributed by atoms with Crippen molar-refractivity contribution in [3.63, 3.8) is 0 Å². The second-order valence-corrected chi connectivity index (χ2v) is 5.44. The van der Waals surface area contributed by atoms with Gasteiger partial charge < -0.3 is 4.15 Å². The van der Waals surface area contributed by atoms with Gasteiger partial charge in [0, 0.05) is 0 Å². The van der Waals surface area contributed by atoms with Crippen molar-refractivity contribution in [1.82, 2.24) is 0 Å². The Morgan fingerprint density at radius 3 is 1.86 bits per heavy atom. The second kappa shape index (κ2) is 2.48. The first-order chi connectivity index (χ1) is 3.06. The molecule has 0 unspecified atom stereocenters. The van der Waals surface area contributed by atoms with E-state index in [1.807, 2.05) is 0 Å². The van der Waals surface area contributed by atoms with Gasteiger partial charge in [0.1, 0.15) is 0 Å². The molecule has 1 nitrogen and oxygen atoms in total. The molecule has 0 spiro atoms. The summed E-state index contributed by atoms with van der Waals surface area (Å²) in [6.07, 6.45) is 1.32. The highest BCUT2D eigenvalue weighted by molar-refractivity contribution is 5.97. The van der Waals surface area contributed by atoms with Gasteiger partial charge in [-0.3, -0.25) is 0 Å². The quantitative estimate of drug-likeness (QED) is 0.439. The van der Waals surface area contributed by atoms with Crippen LogP contribution in [0.25, 0.3) is 0 Å². The van der Waals surface area contributed by atoms with Crippen LogP contribution in [0.1, 0.15) is 13.3 Å². The van der Waals surface area contributed by atoms with Crippen LogP contribution in [0.2, 0.25) is 0 Å². The Hall–Kier alpha value is 0.177. The molecule has 0 aromatic carbocycles. The fourth-order valence-electron chi connectivity index (χ4n) is 0.671. The van der Waals surface area contributed by atoms with E-state index in [0.717, 1.165) is 0 Å². The number of quaternary nitrogens is 1. The van der Waals surface area contributed by atoms with Gasteiger partial charge in [0.2, 0.25) is 10.4 Å². The van der Waals surface area contributed by atoms with Gasteiger partial charge in [-0.2, -0.15) is 0 Å². The van der Waals surface area contributed by atoms with Crippen molar-refractivity contribution in [3.8, 4) is 0 Å². The Bertz CT molecular complexity index is 46.5. The fraction of sp³-hybridized carbons (Fsp3) is 1.00. The van der Waals surface area contributed by atoms with Crippen LogP contribution in [0.4, 0.5) is 0 Å². The highest BCUT2D eigenvalue weighted by Crippen LogP contribution is 1.88. The maximum Gasteiger partial charge on any atom is 0.239 e. The minimum atomic E-state index is 1.23. The Morgan fingerprint density at radius 1 is 1.43 bits per heavy atom. The number of nitrogens with zero attached hydrogens (tertiary/aromatic N) is 1. The SMILES string of the molecule is CCC[N+](C)(C)[SiH3]. The second-order valence-electron chi connectivity index (χ2n) is 3.01. The Kier molecular flexibility index (Phi) is 2.54. The molecule has 0 aliphatic carbocycles. The van der Waals surface area contributed by atoms with Gasteiger partial charge in [-0.25, -0.2) is 0 Å². The predicted octanol–water partition coefficient (Wildman–Crippen LogP) is -0.247. The molecular formula is C5H16NSi+. The first-order valence-electron chi connectivity index (χ1n) is 2.86. The summed E-state index contributed by atoms with van der Waals surface area (Å²) in [4.78, 5) is 0. The lowest BCUT2D eigenvalue weighted by molar-refractivity contribution is -0.773. The Labute approximate surface area is 49.4 Å². The summed E-state index contributed by atoms with van der Waals surface area (Å²) in [7, 11) is 5.82. The summed E-state index contributed by atoms with van der Waals surface area (Å²) in [5.74, 6) is 0. The molecule has 0 N–H and O–H groups in total. The summed E-state index contributed by atoms with van der Waals surface area (Å²) in [6, 6.07) is 0. The molecule has 0 aromatic rings. The first kappa shape index (κ1) is 7.18. The molecule has 7 heavy (non-hydrogen) atoms. The average Bonchev–Trinajstić information content (AvgIpc) is 1.30. The molecule has 0 heterocycles. The van der Waals surface area contributed by atoms with E-state index in [1.165, 1.54) is 27.5 Å². The van der Waals surface area contributed by atoms with Crippen LogP contribution < -0.4 is 0 Å². The van der Waals surface area contributed by atoms with E-state index in [4.69, 9.17) is 0 Å². The standard InChI is InChI=1S/C5H16NSi/c1-4-5-6(2,3)7/h4-5H2,1-3,7H3/q+1. The fourth-order valence-corrected chi connectivity index (χ4v) is 1.12. The highest BCUT2D eigenvalue weighted by atomic mass is 28.2. The lowest BCUT2D eigenvalue weighted by Gasteiger charge is -2.24. The predicted molar refractivity (Wildman–Crippen MR) is 37.2 cm³/mol. The first-order valence-corrected chi connectivity index (χ1v) is 3.76. The van der Waals surface area contributed by atoms with Crippen molar-refractivity contribution in [2.24, 2.45) is 0 Å². The third-order valence-electron chi connectivity index (χ3n) is 0.894. The van der Waals surface area contributed by atoms with Gasteiger partial charge in [-0.15, -0.1) is 0 Å². The van der Waals surface area contributed by atoms with Crippen molar-refractivity contribution in [3.05, 3.63) is 0 Å². The minimum Gasteiger partial charge on any atom is -0.395 e. The lowest BCUT2D eigenvalue weighted by Crippen LogP contribution is -2.36.